The van der Waals surface area contributed by atoms with Gasteiger partial charge in [-0.05, 0) is 42.3 Å². The number of hydrogen-bond acceptors (Lipinski definition) is 6. The van der Waals surface area contributed by atoms with Crippen LogP contribution in [0.15, 0.2) is 41.1 Å². The van der Waals surface area contributed by atoms with Gasteiger partial charge in [0.15, 0.2) is 11.8 Å². The third-order valence-electron chi connectivity index (χ3n) is 4.27. The van der Waals surface area contributed by atoms with Gasteiger partial charge in [-0.1, -0.05) is 38.1 Å². The van der Waals surface area contributed by atoms with Crippen LogP contribution >= 0.6 is 22.7 Å². The van der Waals surface area contributed by atoms with Crippen molar-refractivity contribution in [2.24, 2.45) is 0 Å². The molecule has 0 bridgehead atoms. The number of aryl methyl sites for hydroxylation is 1. The van der Waals surface area contributed by atoms with Crippen molar-refractivity contribution in [3.05, 3.63) is 57.9 Å². The molecule has 0 aliphatic carbocycles. The van der Waals surface area contributed by atoms with Crippen LogP contribution in [0.1, 0.15) is 48.3 Å². The molecule has 0 radical (unpaired) electrons. The van der Waals surface area contributed by atoms with Crippen molar-refractivity contribution in [2.45, 2.75) is 39.7 Å². The Labute approximate surface area is 172 Å². The van der Waals surface area contributed by atoms with E-state index in [2.05, 4.69) is 24.1 Å². The van der Waals surface area contributed by atoms with E-state index in [0.717, 1.165) is 26.7 Å². The maximum absolute atomic E-state index is 12.6. The number of carbonyl (C=O) groups is 2. The van der Waals surface area contributed by atoms with Gasteiger partial charge in [0.05, 0.1) is 4.88 Å². The van der Waals surface area contributed by atoms with Gasteiger partial charge in [0.1, 0.15) is 5.01 Å². The molecular formula is C21H22N2O3S2. The van der Waals surface area contributed by atoms with Crippen LogP contribution in [0.3, 0.4) is 0 Å². The second kappa shape index (κ2) is 8.67. The molecule has 3 aromatic rings. The summed E-state index contributed by atoms with van der Waals surface area (Å²) in [5, 5.41) is 7.29. The molecule has 0 spiro atoms. The Bertz CT molecular complexity index is 977. The largest absolute Gasteiger partial charge is 0.448 e. The highest BCUT2D eigenvalue weighted by molar-refractivity contribution is 7.20. The fourth-order valence-corrected chi connectivity index (χ4v) is 4.33. The molecule has 1 atom stereocenters. The zero-order valence-corrected chi connectivity index (χ0v) is 17.8. The summed E-state index contributed by atoms with van der Waals surface area (Å²) in [6, 6.07) is 9.79. The van der Waals surface area contributed by atoms with Gasteiger partial charge in [-0.25, -0.2) is 9.78 Å². The molecule has 0 saturated heterocycles. The lowest BCUT2D eigenvalue weighted by Gasteiger charge is -2.18. The van der Waals surface area contributed by atoms with Crippen LogP contribution in [0.5, 0.6) is 0 Å². The summed E-state index contributed by atoms with van der Waals surface area (Å²) < 4.78 is 5.34. The van der Waals surface area contributed by atoms with Crippen LogP contribution in [-0.2, 0) is 9.53 Å². The number of carbonyl (C=O) groups excluding carboxylic acids is 2. The fourth-order valence-electron chi connectivity index (χ4n) is 2.72. The van der Waals surface area contributed by atoms with Crippen LogP contribution < -0.4 is 5.32 Å². The number of ether oxygens (including phenoxy) is 1. The summed E-state index contributed by atoms with van der Waals surface area (Å²) in [4.78, 5) is 30.3. The smallest absolute Gasteiger partial charge is 0.358 e. The minimum atomic E-state index is -0.931. The second-order valence-electron chi connectivity index (χ2n) is 6.75. The molecule has 1 N–H and O–H groups in total. The van der Waals surface area contributed by atoms with Gasteiger partial charge in [0, 0.05) is 11.1 Å². The molecule has 2 heterocycles. The van der Waals surface area contributed by atoms with Crippen LogP contribution in [0.4, 0.5) is 5.69 Å². The van der Waals surface area contributed by atoms with E-state index in [0.29, 0.717) is 0 Å². The first-order valence-corrected chi connectivity index (χ1v) is 10.7. The minimum Gasteiger partial charge on any atom is -0.448 e. The number of aromatic nitrogens is 1. The summed E-state index contributed by atoms with van der Waals surface area (Å²) in [6.07, 6.45) is -0.931. The zero-order chi connectivity index (χ0) is 20.3. The zero-order valence-electron chi connectivity index (χ0n) is 16.2. The average molecular weight is 415 g/mol. The van der Waals surface area contributed by atoms with Crippen molar-refractivity contribution in [1.29, 1.82) is 0 Å². The fraction of sp³-hybridized carbons (Fsp3) is 0.286. The first kappa shape index (κ1) is 20.2. The molecule has 146 valence electrons. The molecule has 28 heavy (non-hydrogen) atoms. The topological polar surface area (TPSA) is 68.3 Å². The van der Waals surface area contributed by atoms with Gasteiger partial charge in [0.2, 0.25) is 0 Å². The number of anilines is 1. The quantitative estimate of drug-likeness (QED) is 0.542. The van der Waals surface area contributed by atoms with E-state index in [1.807, 2.05) is 42.6 Å². The number of rotatable bonds is 6. The first-order valence-electron chi connectivity index (χ1n) is 8.97. The predicted octanol–water partition coefficient (Wildman–Crippen LogP) is 5.49. The van der Waals surface area contributed by atoms with Crippen LogP contribution in [0, 0.1) is 6.92 Å². The van der Waals surface area contributed by atoms with E-state index in [-0.39, 0.29) is 17.5 Å². The molecule has 0 unspecified atom stereocenters. The summed E-state index contributed by atoms with van der Waals surface area (Å²) in [7, 11) is 0. The van der Waals surface area contributed by atoms with Gasteiger partial charge >= 0.3 is 5.97 Å². The molecule has 7 heteroatoms. The molecule has 3 rings (SSSR count). The highest BCUT2D eigenvalue weighted by Crippen LogP contribution is 2.29. The lowest BCUT2D eigenvalue weighted by atomic mass is 9.98. The maximum atomic E-state index is 12.6. The number of amides is 1. The molecule has 0 saturated carbocycles. The molecule has 1 aromatic carbocycles. The number of nitrogens with zero attached hydrogens (tertiary/aromatic N) is 1. The number of thiazole rings is 1. The van der Waals surface area contributed by atoms with Gasteiger partial charge in [-0.15, -0.1) is 22.7 Å². The molecule has 0 aliphatic rings. The molecule has 1 amide bonds. The Balaban J connectivity index is 1.67. The Morgan fingerprint density at radius 3 is 2.57 bits per heavy atom. The van der Waals surface area contributed by atoms with Gasteiger partial charge < -0.3 is 10.1 Å². The maximum Gasteiger partial charge on any atom is 0.358 e. The Kier molecular flexibility index (Phi) is 6.26. The molecule has 0 fully saturated rings. The third-order valence-corrected chi connectivity index (χ3v) is 6.15. The standard InChI is InChI=1S/C21H22N2O3S2/c1-12(2)15-8-5-7-13(3)18(15)23-19(24)14(4)26-21(25)16-11-28-20(22-16)17-9-6-10-27-17/h5-12,14H,1-4H3,(H,23,24)/t14-/m0/s1. The highest BCUT2D eigenvalue weighted by atomic mass is 32.1. The van der Waals surface area contributed by atoms with Gasteiger partial charge in [-0.3, -0.25) is 4.79 Å². The number of benzene rings is 1. The van der Waals surface area contributed by atoms with E-state index in [1.165, 1.54) is 11.3 Å². The van der Waals surface area contributed by atoms with Crippen molar-refractivity contribution >= 4 is 40.2 Å². The Morgan fingerprint density at radius 1 is 1.11 bits per heavy atom. The van der Waals surface area contributed by atoms with E-state index in [9.17, 15) is 9.59 Å². The molecule has 0 aliphatic heterocycles. The van der Waals surface area contributed by atoms with E-state index < -0.39 is 12.1 Å². The summed E-state index contributed by atoms with van der Waals surface area (Å²) in [5.41, 5.74) is 3.01. The second-order valence-corrected chi connectivity index (χ2v) is 8.55. The van der Waals surface area contributed by atoms with Crippen LogP contribution in [-0.4, -0.2) is 23.0 Å². The minimum absolute atomic E-state index is 0.215. The van der Waals surface area contributed by atoms with Crippen molar-refractivity contribution in [1.82, 2.24) is 4.98 Å². The molecule has 5 nitrogen and oxygen atoms in total. The third kappa shape index (κ3) is 4.48. The first-order chi connectivity index (χ1) is 13.4. The number of esters is 1. The molecule has 2 aromatic heterocycles. The Morgan fingerprint density at radius 2 is 1.89 bits per heavy atom. The van der Waals surface area contributed by atoms with Crippen molar-refractivity contribution < 1.29 is 14.3 Å². The van der Waals surface area contributed by atoms with Crippen LogP contribution in [0.25, 0.3) is 9.88 Å². The van der Waals surface area contributed by atoms with Crippen LogP contribution in [0.2, 0.25) is 0 Å². The number of para-hydroxylation sites is 1. The van der Waals surface area contributed by atoms with Gasteiger partial charge in [0.25, 0.3) is 5.91 Å². The number of hydrogen-bond donors (Lipinski definition) is 1. The molecular weight excluding hydrogens is 392 g/mol. The summed E-state index contributed by atoms with van der Waals surface area (Å²) >= 11 is 2.94. The number of nitrogens with one attached hydrogen (secondary N) is 1. The Hall–Kier alpha value is -2.51. The van der Waals surface area contributed by atoms with Gasteiger partial charge in [-0.2, -0.15) is 0 Å². The van der Waals surface area contributed by atoms with Crippen molar-refractivity contribution in [3.63, 3.8) is 0 Å². The van der Waals surface area contributed by atoms with E-state index in [1.54, 1.807) is 23.6 Å². The SMILES string of the molecule is Cc1cccc(C(C)C)c1NC(=O)[C@H](C)OC(=O)c1csc(-c2cccs2)n1. The van der Waals surface area contributed by atoms with E-state index in [4.69, 9.17) is 4.74 Å². The lowest BCUT2D eigenvalue weighted by molar-refractivity contribution is -0.123. The van der Waals surface area contributed by atoms with Crippen molar-refractivity contribution in [2.75, 3.05) is 5.32 Å². The normalized spacial score (nSPS) is 12.0. The van der Waals surface area contributed by atoms with E-state index >= 15 is 0 Å². The lowest BCUT2D eigenvalue weighted by Crippen LogP contribution is -2.30. The highest BCUT2D eigenvalue weighted by Gasteiger charge is 2.22. The predicted molar refractivity (Wildman–Crippen MR) is 114 cm³/mol. The average Bonchev–Trinajstić information content (AvgIpc) is 3.34. The summed E-state index contributed by atoms with van der Waals surface area (Å²) in [5.74, 6) is -0.701. The number of thiophene rings is 1. The summed E-state index contributed by atoms with van der Waals surface area (Å²) in [6.45, 7) is 7.65. The monoisotopic (exact) mass is 414 g/mol. The van der Waals surface area contributed by atoms with Crippen molar-refractivity contribution in [3.8, 4) is 9.88 Å².